The van der Waals surface area contributed by atoms with Gasteiger partial charge in [0.05, 0.1) is 5.75 Å². The molecule has 0 saturated carbocycles. The van der Waals surface area contributed by atoms with Gasteiger partial charge in [-0.3, -0.25) is 9.32 Å². The Balaban J connectivity index is 2.00. The molecule has 0 aliphatic heterocycles. The molecule has 2 rings (SSSR count). The number of hydrogen-bond donors (Lipinski definition) is 2. The smallest absolute Gasteiger partial charge is 0.325 e. The van der Waals surface area contributed by atoms with Gasteiger partial charge in [0, 0.05) is 10.7 Å². The van der Waals surface area contributed by atoms with Crippen molar-refractivity contribution in [2.45, 2.75) is 11.9 Å². The Labute approximate surface area is 124 Å². The van der Waals surface area contributed by atoms with E-state index in [1.807, 2.05) is 6.92 Å². The number of hydrogen-bond acceptors (Lipinski definition) is 4. The van der Waals surface area contributed by atoms with Gasteiger partial charge in [-0.15, -0.1) is 0 Å². The maximum absolute atomic E-state index is 11.9. The van der Waals surface area contributed by atoms with Crippen LogP contribution in [0.1, 0.15) is 5.56 Å². The van der Waals surface area contributed by atoms with Crippen LogP contribution in [0, 0.1) is 6.92 Å². The molecule has 1 aromatic carbocycles. The predicted molar refractivity (Wildman–Crippen MR) is 76.0 cm³/mol. The van der Waals surface area contributed by atoms with Crippen molar-refractivity contribution in [3.8, 4) is 0 Å². The van der Waals surface area contributed by atoms with Crippen LogP contribution in [0.3, 0.4) is 0 Å². The molecule has 1 aromatic heterocycles. The molecule has 0 fully saturated rings. The number of aromatic amines is 1. The molecule has 0 unspecified atom stereocenters. The van der Waals surface area contributed by atoms with Crippen molar-refractivity contribution >= 4 is 35.0 Å². The lowest BCUT2D eigenvalue weighted by Crippen LogP contribution is -2.34. The van der Waals surface area contributed by atoms with Crippen LogP contribution in [0.2, 0.25) is 5.02 Å². The maximum Gasteiger partial charge on any atom is 0.441 e. The van der Waals surface area contributed by atoms with Gasteiger partial charge < -0.3 is 5.32 Å². The summed E-state index contributed by atoms with van der Waals surface area (Å²) in [5.74, 6) is -0.122. The number of thioether (sulfide) groups is 1. The summed E-state index contributed by atoms with van der Waals surface area (Å²) in [6.45, 7) is 1.83. The normalized spacial score (nSPS) is 10.6. The first-order chi connectivity index (χ1) is 9.49. The average Bonchev–Trinajstić information content (AvgIpc) is 2.72. The van der Waals surface area contributed by atoms with Gasteiger partial charge in [0.15, 0.2) is 7.05 Å². The molecule has 106 valence electrons. The lowest BCUT2D eigenvalue weighted by molar-refractivity contribution is -0.772. The van der Waals surface area contributed by atoms with Crippen LogP contribution in [0.25, 0.3) is 0 Å². The van der Waals surface area contributed by atoms with Gasteiger partial charge in [-0.25, -0.2) is 4.79 Å². The molecule has 6 nitrogen and oxygen atoms in total. The molecular weight excluding hydrogens is 302 g/mol. The molecule has 0 saturated heterocycles. The Hall–Kier alpha value is -1.73. The predicted octanol–water partition coefficient (Wildman–Crippen LogP) is 1.49. The summed E-state index contributed by atoms with van der Waals surface area (Å²) in [5.41, 5.74) is 0.969. The molecule has 2 N–H and O–H groups in total. The van der Waals surface area contributed by atoms with E-state index in [-0.39, 0.29) is 11.7 Å². The molecule has 0 aliphatic rings. The number of carbonyl (C=O) groups excluding carboxylic acids is 1. The number of amides is 1. The van der Waals surface area contributed by atoms with Crippen LogP contribution in [0.5, 0.6) is 0 Å². The number of nitrogens with one attached hydrogen (secondary N) is 2. The number of aryl methyl sites for hydroxylation is 1. The highest BCUT2D eigenvalue weighted by atomic mass is 35.5. The summed E-state index contributed by atoms with van der Waals surface area (Å²) in [4.78, 5) is 23.2. The van der Waals surface area contributed by atoms with Gasteiger partial charge in [-0.05, 0) is 41.7 Å². The Bertz CT molecular complexity index is 695. The number of nitrogens with zero attached hydrogens (tertiary/aromatic N) is 1. The Morgan fingerprint density at radius 1 is 1.55 bits per heavy atom. The molecular formula is C12H13ClN3O3S+. The number of aromatic nitrogens is 2. The SMILES string of the molecule is Cc1c(Cl)cccc1NC(=O)CSc1c(=O)o[nH][n+]1C. The van der Waals surface area contributed by atoms with Crippen LogP contribution >= 0.6 is 23.4 Å². The quantitative estimate of drug-likeness (QED) is 0.662. The molecule has 0 bridgehead atoms. The minimum absolute atomic E-state index is 0.0996. The average molecular weight is 315 g/mol. The Kier molecular flexibility index (Phi) is 4.51. The zero-order chi connectivity index (χ0) is 14.7. The summed E-state index contributed by atoms with van der Waals surface area (Å²) in [6.07, 6.45) is 0. The summed E-state index contributed by atoms with van der Waals surface area (Å²) in [6, 6.07) is 5.29. The largest absolute Gasteiger partial charge is 0.441 e. The first-order valence-electron chi connectivity index (χ1n) is 5.74. The third-order valence-corrected chi connectivity index (χ3v) is 4.17. The number of anilines is 1. The lowest BCUT2D eigenvalue weighted by atomic mass is 10.2. The van der Waals surface area contributed by atoms with Gasteiger partial charge in [0.2, 0.25) is 5.91 Å². The molecule has 0 radical (unpaired) electrons. The van der Waals surface area contributed by atoms with E-state index >= 15 is 0 Å². The van der Waals surface area contributed by atoms with Crippen LogP contribution in [0.4, 0.5) is 5.69 Å². The number of rotatable bonds is 4. The highest BCUT2D eigenvalue weighted by Crippen LogP contribution is 2.23. The van der Waals surface area contributed by atoms with E-state index in [1.54, 1.807) is 25.2 Å². The molecule has 2 aromatic rings. The van der Waals surface area contributed by atoms with E-state index in [9.17, 15) is 9.59 Å². The van der Waals surface area contributed by atoms with Gasteiger partial charge in [0.25, 0.3) is 0 Å². The summed E-state index contributed by atoms with van der Waals surface area (Å²) < 4.78 is 6.01. The molecule has 20 heavy (non-hydrogen) atoms. The molecule has 0 aliphatic carbocycles. The first-order valence-corrected chi connectivity index (χ1v) is 7.10. The van der Waals surface area contributed by atoms with Crippen molar-refractivity contribution < 1.29 is 14.0 Å². The van der Waals surface area contributed by atoms with Gasteiger partial charge in [-0.1, -0.05) is 22.3 Å². The fraction of sp³-hybridized carbons (Fsp3) is 0.250. The van der Waals surface area contributed by atoms with E-state index in [0.717, 1.165) is 17.3 Å². The van der Waals surface area contributed by atoms with Crippen molar-refractivity contribution in [3.05, 3.63) is 39.2 Å². The van der Waals surface area contributed by atoms with Crippen LogP contribution in [-0.2, 0) is 11.8 Å². The van der Waals surface area contributed by atoms with E-state index in [4.69, 9.17) is 11.6 Å². The van der Waals surface area contributed by atoms with Gasteiger partial charge >= 0.3 is 10.7 Å². The van der Waals surface area contributed by atoms with Crippen LogP contribution in [0.15, 0.2) is 32.5 Å². The van der Waals surface area contributed by atoms with Crippen molar-refractivity contribution in [3.63, 3.8) is 0 Å². The summed E-state index contributed by atoms with van der Waals surface area (Å²) >= 11 is 7.08. The minimum Gasteiger partial charge on any atom is -0.325 e. The fourth-order valence-corrected chi connectivity index (χ4v) is 2.46. The second-order valence-corrected chi connectivity index (χ2v) is 5.47. The standard InChI is InChI=1S/C12H12ClN3O3S/c1-7-8(13)4-3-5-9(7)14-10(17)6-20-11-12(18)19-15-16(11)2/h3-5H,6H2,1-2H3,(H-,14,15,17,18)/p+1. The maximum atomic E-state index is 11.9. The third kappa shape index (κ3) is 3.23. The minimum atomic E-state index is -0.496. The second-order valence-electron chi connectivity index (χ2n) is 4.09. The van der Waals surface area contributed by atoms with E-state index in [1.165, 1.54) is 4.68 Å². The second kappa shape index (κ2) is 6.15. The third-order valence-electron chi connectivity index (χ3n) is 2.64. The van der Waals surface area contributed by atoms with E-state index in [2.05, 4.69) is 15.1 Å². The zero-order valence-corrected chi connectivity index (χ0v) is 12.5. The summed E-state index contributed by atoms with van der Waals surface area (Å²) in [5, 5.41) is 6.07. The number of benzene rings is 1. The van der Waals surface area contributed by atoms with E-state index in [0.29, 0.717) is 15.7 Å². The van der Waals surface area contributed by atoms with Gasteiger partial charge in [-0.2, -0.15) is 0 Å². The lowest BCUT2D eigenvalue weighted by Gasteiger charge is -2.08. The number of H-pyrrole nitrogens is 1. The molecule has 1 heterocycles. The van der Waals surface area contributed by atoms with Crippen molar-refractivity contribution in [1.29, 1.82) is 0 Å². The van der Waals surface area contributed by atoms with Gasteiger partial charge in [0.1, 0.15) is 0 Å². The highest BCUT2D eigenvalue weighted by molar-refractivity contribution is 7.99. The summed E-state index contributed by atoms with van der Waals surface area (Å²) in [7, 11) is 1.63. The van der Waals surface area contributed by atoms with Crippen molar-refractivity contribution in [2.24, 2.45) is 7.05 Å². The molecule has 8 heteroatoms. The van der Waals surface area contributed by atoms with Crippen LogP contribution in [-0.4, -0.2) is 16.9 Å². The molecule has 0 atom stereocenters. The van der Waals surface area contributed by atoms with Crippen molar-refractivity contribution in [1.82, 2.24) is 5.27 Å². The Morgan fingerprint density at radius 3 is 2.95 bits per heavy atom. The van der Waals surface area contributed by atoms with Crippen LogP contribution < -0.4 is 15.6 Å². The van der Waals surface area contributed by atoms with Crippen molar-refractivity contribution in [2.75, 3.05) is 11.1 Å². The van der Waals surface area contributed by atoms with E-state index < -0.39 is 5.63 Å². The molecule has 1 amide bonds. The topological polar surface area (TPSA) is 79.0 Å². The zero-order valence-electron chi connectivity index (χ0n) is 10.9. The first kappa shape index (κ1) is 14.7. The fourth-order valence-electron chi connectivity index (χ4n) is 1.55. The Morgan fingerprint density at radius 2 is 2.30 bits per heavy atom. The molecule has 0 spiro atoms. The number of carbonyl (C=O) groups is 1. The highest BCUT2D eigenvalue weighted by Gasteiger charge is 2.19. The number of halogens is 1. The monoisotopic (exact) mass is 314 g/mol.